The normalized spacial score (nSPS) is 13.7. The van der Waals surface area contributed by atoms with E-state index in [0.29, 0.717) is 46.8 Å². The van der Waals surface area contributed by atoms with Gasteiger partial charge in [-0.3, -0.25) is 9.59 Å². The minimum atomic E-state index is -0.288. The molecule has 27 heavy (non-hydrogen) atoms. The van der Waals surface area contributed by atoms with Crippen LogP contribution in [0.15, 0.2) is 12.1 Å². The Bertz CT molecular complexity index is 839. The highest BCUT2D eigenvalue weighted by Crippen LogP contribution is 2.41. The highest BCUT2D eigenvalue weighted by Gasteiger charge is 2.20. The van der Waals surface area contributed by atoms with Crippen LogP contribution in [0.1, 0.15) is 29.8 Å². The van der Waals surface area contributed by atoms with Crippen molar-refractivity contribution in [1.29, 1.82) is 0 Å². The predicted molar refractivity (Wildman–Crippen MR) is 101 cm³/mol. The number of aromatic nitrogens is 1. The fourth-order valence-electron chi connectivity index (χ4n) is 3.36. The van der Waals surface area contributed by atoms with E-state index in [1.165, 1.54) is 14.2 Å². The number of carbonyl (C=O) groups is 2. The van der Waals surface area contributed by atoms with E-state index in [0.717, 1.165) is 25.9 Å². The fraction of sp³-hybridized carbons (Fsp3) is 0.474. The number of ether oxygens (including phenoxy) is 3. The van der Waals surface area contributed by atoms with Gasteiger partial charge in [0.1, 0.15) is 11.4 Å². The Kier molecular flexibility index (Phi) is 5.73. The van der Waals surface area contributed by atoms with Gasteiger partial charge in [0, 0.05) is 37.5 Å². The Morgan fingerprint density at radius 3 is 2.41 bits per heavy atom. The van der Waals surface area contributed by atoms with E-state index in [-0.39, 0.29) is 11.8 Å². The van der Waals surface area contributed by atoms with Crippen LogP contribution in [0.4, 0.5) is 0 Å². The largest absolute Gasteiger partial charge is 0.496 e. The number of likely N-dealkylation sites (tertiary alicyclic amines) is 1. The maximum absolute atomic E-state index is 12.5. The minimum absolute atomic E-state index is 0.0810. The summed E-state index contributed by atoms with van der Waals surface area (Å²) in [5.74, 6) is 1.37. The molecule has 3 rings (SSSR count). The van der Waals surface area contributed by atoms with E-state index in [2.05, 4.69) is 10.3 Å². The molecule has 8 heteroatoms. The molecule has 0 radical (unpaired) electrons. The van der Waals surface area contributed by atoms with E-state index in [1.807, 2.05) is 4.90 Å². The van der Waals surface area contributed by atoms with Crippen LogP contribution in [-0.2, 0) is 4.79 Å². The summed E-state index contributed by atoms with van der Waals surface area (Å²) in [6.45, 7) is 1.92. The molecule has 2 N–H and O–H groups in total. The van der Waals surface area contributed by atoms with E-state index in [9.17, 15) is 9.59 Å². The van der Waals surface area contributed by atoms with Crippen molar-refractivity contribution in [3.05, 3.63) is 17.8 Å². The number of benzene rings is 1. The Balaban J connectivity index is 1.74. The first-order chi connectivity index (χ1) is 13.1. The van der Waals surface area contributed by atoms with Gasteiger partial charge >= 0.3 is 0 Å². The quantitative estimate of drug-likeness (QED) is 0.771. The average Bonchev–Trinajstić information content (AvgIpc) is 3.36. The van der Waals surface area contributed by atoms with Crippen molar-refractivity contribution in [3.8, 4) is 17.2 Å². The second-order valence-electron chi connectivity index (χ2n) is 6.38. The molecule has 1 aromatic carbocycles. The number of rotatable bonds is 7. The summed E-state index contributed by atoms with van der Waals surface area (Å²) in [5.41, 5.74) is 0.982. The molecule has 0 bridgehead atoms. The van der Waals surface area contributed by atoms with Crippen LogP contribution in [0.2, 0.25) is 0 Å². The minimum Gasteiger partial charge on any atom is -0.496 e. The van der Waals surface area contributed by atoms with Crippen LogP contribution in [0, 0.1) is 0 Å². The van der Waals surface area contributed by atoms with Gasteiger partial charge in [-0.25, -0.2) is 0 Å². The number of amides is 2. The molecule has 2 heterocycles. The monoisotopic (exact) mass is 375 g/mol. The van der Waals surface area contributed by atoms with Crippen molar-refractivity contribution < 1.29 is 23.8 Å². The molecular formula is C19H25N3O5. The molecule has 0 unspecified atom stereocenters. The van der Waals surface area contributed by atoms with Crippen LogP contribution in [0.3, 0.4) is 0 Å². The van der Waals surface area contributed by atoms with E-state index >= 15 is 0 Å². The summed E-state index contributed by atoms with van der Waals surface area (Å²) in [7, 11) is 4.63. The van der Waals surface area contributed by atoms with Gasteiger partial charge in [-0.2, -0.15) is 0 Å². The SMILES string of the molecule is COc1cc(OC)c2cc(C(=O)NCCC(=O)N3CCCC3)[nH]c2c1OC. The maximum Gasteiger partial charge on any atom is 0.267 e. The molecule has 8 nitrogen and oxygen atoms in total. The molecule has 0 atom stereocenters. The molecule has 0 saturated carbocycles. The standard InChI is InChI=1S/C19H25N3O5/c1-25-14-11-15(26-2)18(27-3)17-12(14)10-13(21-17)19(24)20-7-6-16(23)22-8-4-5-9-22/h10-11,21H,4-9H2,1-3H3,(H,20,24). The number of hydrogen-bond acceptors (Lipinski definition) is 5. The average molecular weight is 375 g/mol. The van der Waals surface area contributed by atoms with E-state index < -0.39 is 0 Å². The van der Waals surface area contributed by atoms with Crippen molar-refractivity contribution in [3.63, 3.8) is 0 Å². The van der Waals surface area contributed by atoms with Gasteiger partial charge in [0.15, 0.2) is 11.5 Å². The molecule has 1 aliphatic heterocycles. The summed E-state index contributed by atoms with van der Waals surface area (Å²) >= 11 is 0. The Morgan fingerprint density at radius 2 is 1.78 bits per heavy atom. The van der Waals surface area contributed by atoms with Gasteiger partial charge in [-0.05, 0) is 18.9 Å². The Hall–Kier alpha value is -2.90. The number of hydrogen-bond donors (Lipinski definition) is 2. The molecule has 0 spiro atoms. The van der Waals surface area contributed by atoms with Gasteiger partial charge in [-0.1, -0.05) is 0 Å². The second kappa shape index (κ2) is 8.20. The molecule has 2 aromatic rings. The van der Waals surface area contributed by atoms with Crippen LogP contribution in [0.25, 0.3) is 10.9 Å². The van der Waals surface area contributed by atoms with E-state index in [4.69, 9.17) is 14.2 Å². The van der Waals surface area contributed by atoms with Crippen molar-refractivity contribution >= 4 is 22.7 Å². The Morgan fingerprint density at radius 1 is 1.07 bits per heavy atom. The lowest BCUT2D eigenvalue weighted by atomic mass is 10.2. The van der Waals surface area contributed by atoms with Crippen LogP contribution in [-0.4, -0.2) is 62.7 Å². The maximum atomic E-state index is 12.5. The predicted octanol–water partition coefficient (Wildman–Crippen LogP) is 1.94. The first-order valence-electron chi connectivity index (χ1n) is 8.96. The van der Waals surface area contributed by atoms with Crippen molar-refractivity contribution in [1.82, 2.24) is 15.2 Å². The summed E-state index contributed by atoms with van der Waals surface area (Å²) in [6, 6.07) is 3.42. The lowest BCUT2D eigenvalue weighted by Crippen LogP contribution is -2.32. The molecule has 1 aliphatic rings. The third-order valence-corrected chi connectivity index (χ3v) is 4.77. The fourth-order valence-corrected chi connectivity index (χ4v) is 3.36. The first kappa shape index (κ1) is 18.9. The number of aromatic amines is 1. The molecule has 1 aromatic heterocycles. The third kappa shape index (κ3) is 3.79. The topological polar surface area (TPSA) is 92.9 Å². The zero-order valence-electron chi connectivity index (χ0n) is 15.9. The number of nitrogens with zero attached hydrogens (tertiary/aromatic N) is 1. The molecule has 1 fully saturated rings. The lowest BCUT2D eigenvalue weighted by Gasteiger charge is -2.14. The highest BCUT2D eigenvalue weighted by atomic mass is 16.5. The van der Waals surface area contributed by atoms with Gasteiger partial charge in [0.25, 0.3) is 5.91 Å². The summed E-state index contributed by atoms with van der Waals surface area (Å²) in [6.07, 6.45) is 2.41. The molecule has 2 amide bonds. The van der Waals surface area contributed by atoms with Crippen LogP contribution in [0.5, 0.6) is 17.2 Å². The van der Waals surface area contributed by atoms with Gasteiger partial charge in [0.05, 0.1) is 26.8 Å². The third-order valence-electron chi connectivity index (χ3n) is 4.77. The Labute approximate surface area is 157 Å². The lowest BCUT2D eigenvalue weighted by molar-refractivity contribution is -0.129. The zero-order chi connectivity index (χ0) is 19.4. The smallest absolute Gasteiger partial charge is 0.267 e. The van der Waals surface area contributed by atoms with Crippen molar-refractivity contribution in [2.24, 2.45) is 0 Å². The molecule has 0 aliphatic carbocycles. The number of methoxy groups -OCH3 is 3. The highest BCUT2D eigenvalue weighted by molar-refractivity contribution is 6.02. The van der Waals surface area contributed by atoms with Gasteiger partial charge in [-0.15, -0.1) is 0 Å². The number of H-pyrrole nitrogens is 1. The summed E-state index contributed by atoms with van der Waals surface area (Å²) < 4.78 is 16.1. The van der Waals surface area contributed by atoms with Crippen molar-refractivity contribution in [2.75, 3.05) is 41.0 Å². The summed E-state index contributed by atoms with van der Waals surface area (Å²) in [5, 5.41) is 3.50. The van der Waals surface area contributed by atoms with Gasteiger partial charge < -0.3 is 29.4 Å². The zero-order valence-corrected chi connectivity index (χ0v) is 15.9. The number of nitrogens with one attached hydrogen (secondary N) is 2. The summed E-state index contributed by atoms with van der Waals surface area (Å²) in [4.78, 5) is 29.5. The first-order valence-corrected chi connectivity index (χ1v) is 8.96. The molecular weight excluding hydrogens is 350 g/mol. The number of fused-ring (bicyclic) bond motifs is 1. The second-order valence-corrected chi connectivity index (χ2v) is 6.38. The van der Waals surface area contributed by atoms with Gasteiger partial charge in [0.2, 0.25) is 5.91 Å². The molecule has 1 saturated heterocycles. The molecule has 146 valence electrons. The van der Waals surface area contributed by atoms with E-state index in [1.54, 1.807) is 19.2 Å². The van der Waals surface area contributed by atoms with Crippen molar-refractivity contribution in [2.45, 2.75) is 19.3 Å². The van der Waals surface area contributed by atoms with Crippen LogP contribution < -0.4 is 19.5 Å². The van der Waals surface area contributed by atoms with Crippen LogP contribution >= 0.6 is 0 Å². The number of carbonyl (C=O) groups excluding carboxylic acids is 2.